The molecule has 0 spiro atoms. The van der Waals surface area contributed by atoms with Gasteiger partial charge in [-0.15, -0.1) is 0 Å². The highest BCUT2D eigenvalue weighted by molar-refractivity contribution is 5.75. The summed E-state index contributed by atoms with van der Waals surface area (Å²) in [5.41, 5.74) is 0. The number of likely N-dealkylation sites (N-methyl/N-ethyl adjacent to an activating group) is 1. The number of hydrogen-bond donors (Lipinski definition) is 2. The molecule has 0 aromatic rings. The van der Waals surface area contributed by atoms with E-state index in [2.05, 4.69) is 24.2 Å². The highest BCUT2D eigenvalue weighted by Crippen LogP contribution is 2.13. The molecule has 45 heavy (non-hydrogen) atoms. The molecule has 0 fully saturated rings. The van der Waals surface area contributed by atoms with Crippen LogP contribution in [0, 0.1) is 0 Å². The molecule has 0 aliphatic rings. The van der Waals surface area contributed by atoms with Crippen molar-refractivity contribution in [2.45, 2.75) is 122 Å². The van der Waals surface area contributed by atoms with Crippen LogP contribution in [0.5, 0.6) is 0 Å². The third kappa shape index (κ3) is 38.8. The lowest BCUT2D eigenvalue weighted by Gasteiger charge is -2.15. The van der Waals surface area contributed by atoms with Gasteiger partial charge in [-0.05, 0) is 32.9 Å². The minimum Gasteiger partial charge on any atom is -0.481 e. The normalized spacial score (nSPS) is 11.4. The minimum absolute atomic E-state index is 0.107. The lowest BCUT2D eigenvalue weighted by atomic mass is 10.0. The quantitative estimate of drug-likeness (QED) is 0.0752. The van der Waals surface area contributed by atoms with Gasteiger partial charge in [0, 0.05) is 25.9 Å². The molecule has 0 rings (SSSR count). The second-order valence-corrected chi connectivity index (χ2v) is 11.9. The summed E-state index contributed by atoms with van der Waals surface area (Å²) < 4.78 is 27.6. The van der Waals surface area contributed by atoms with Crippen LogP contribution in [-0.2, 0) is 33.3 Å². The van der Waals surface area contributed by atoms with E-state index in [0.717, 1.165) is 45.4 Å². The van der Waals surface area contributed by atoms with Crippen LogP contribution in [0.15, 0.2) is 0 Å². The molecule has 0 aromatic carbocycles. The van der Waals surface area contributed by atoms with Crippen molar-refractivity contribution in [1.82, 2.24) is 10.2 Å². The molecule has 2 N–H and O–H groups in total. The predicted octanol–water partition coefficient (Wildman–Crippen LogP) is 6.24. The van der Waals surface area contributed by atoms with E-state index >= 15 is 0 Å². The Bertz CT molecular complexity index is 626. The maximum absolute atomic E-state index is 12.0. The van der Waals surface area contributed by atoms with E-state index in [1.165, 1.54) is 77.0 Å². The molecule has 0 aromatic heterocycles. The lowest BCUT2D eigenvalue weighted by molar-refractivity contribution is -0.137. The van der Waals surface area contributed by atoms with Crippen molar-refractivity contribution >= 4 is 11.9 Å². The fraction of sp³-hybridized carbons (Fsp3) is 0.943. The summed E-state index contributed by atoms with van der Waals surface area (Å²) >= 11 is 0. The number of carbonyl (C=O) groups is 2. The van der Waals surface area contributed by atoms with E-state index in [0.29, 0.717) is 78.8 Å². The minimum atomic E-state index is -0.679. The van der Waals surface area contributed by atoms with Crippen LogP contribution in [0.1, 0.15) is 122 Å². The fourth-order valence-corrected chi connectivity index (χ4v) is 4.78. The van der Waals surface area contributed by atoms with E-state index in [-0.39, 0.29) is 5.91 Å². The third-order valence-corrected chi connectivity index (χ3v) is 7.61. The van der Waals surface area contributed by atoms with Crippen LogP contribution in [0.3, 0.4) is 0 Å². The fourth-order valence-electron chi connectivity index (χ4n) is 4.78. The molecule has 0 atom stereocenters. The Morgan fingerprint density at radius 3 is 1.31 bits per heavy atom. The monoisotopic (exact) mass is 647 g/mol. The van der Waals surface area contributed by atoms with Gasteiger partial charge in [-0.3, -0.25) is 9.59 Å². The molecule has 0 saturated heterocycles. The molecule has 10 nitrogen and oxygen atoms in total. The van der Waals surface area contributed by atoms with Crippen molar-refractivity contribution in [3.05, 3.63) is 0 Å². The van der Waals surface area contributed by atoms with Crippen molar-refractivity contribution in [1.29, 1.82) is 0 Å². The molecular formula is C35H70N2O8. The Morgan fingerprint density at radius 2 is 0.889 bits per heavy atom. The third-order valence-electron chi connectivity index (χ3n) is 7.61. The summed E-state index contributed by atoms with van der Waals surface area (Å²) in [5, 5.41) is 11.6. The van der Waals surface area contributed by atoms with Crippen molar-refractivity contribution < 1.29 is 38.4 Å². The standard InChI is InChI=1S/C35H70N2O8/c1-3-4-22-37(2)23-25-42-27-29-44-31-33-45-32-30-43-28-26-41-24-21-36-34(38)19-17-15-13-11-9-7-5-6-8-10-12-14-16-18-20-35(39)40/h3-33H2,1-2H3,(H,36,38)(H,39,40). The second-order valence-electron chi connectivity index (χ2n) is 11.9. The SMILES string of the molecule is CCCCN(C)CCOCCOCCOCCOCCOCCNC(=O)CCCCCCCCCCCCCCCCC(=O)O. The zero-order valence-electron chi connectivity index (χ0n) is 29.2. The first-order valence-corrected chi connectivity index (χ1v) is 18.1. The summed E-state index contributed by atoms with van der Waals surface area (Å²) in [4.78, 5) is 24.7. The van der Waals surface area contributed by atoms with Crippen LogP contribution < -0.4 is 5.32 Å². The summed E-state index contributed by atoms with van der Waals surface area (Å²) in [6.07, 6.45) is 19.9. The number of aliphatic carboxylic acids is 1. The Balaban J connectivity index is 3.18. The first kappa shape index (κ1) is 43.7. The Kier molecular flexibility index (Phi) is 36.1. The van der Waals surface area contributed by atoms with Gasteiger partial charge in [-0.1, -0.05) is 90.4 Å². The summed E-state index contributed by atoms with van der Waals surface area (Å²) in [7, 11) is 2.13. The van der Waals surface area contributed by atoms with Gasteiger partial charge in [0.2, 0.25) is 5.91 Å². The van der Waals surface area contributed by atoms with Crippen LogP contribution in [0.4, 0.5) is 0 Å². The zero-order chi connectivity index (χ0) is 32.9. The Hall–Kier alpha value is -1.30. The Morgan fingerprint density at radius 1 is 0.511 bits per heavy atom. The topological polar surface area (TPSA) is 116 Å². The van der Waals surface area contributed by atoms with Gasteiger partial charge in [0.05, 0.1) is 66.1 Å². The van der Waals surface area contributed by atoms with Gasteiger partial charge < -0.3 is 39.0 Å². The van der Waals surface area contributed by atoms with Gasteiger partial charge in [0.15, 0.2) is 0 Å². The van der Waals surface area contributed by atoms with E-state index < -0.39 is 5.97 Å². The number of nitrogens with one attached hydrogen (secondary N) is 1. The molecule has 0 aliphatic carbocycles. The molecule has 0 radical (unpaired) electrons. The smallest absolute Gasteiger partial charge is 0.303 e. The van der Waals surface area contributed by atoms with Crippen molar-refractivity contribution in [2.24, 2.45) is 0 Å². The van der Waals surface area contributed by atoms with Crippen LogP contribution >= 0.6 is 0 Å². The number of amides is 1. The number of nitrogens with zero attached hydrogens (tertiary/aromatic N) is 1. The van der Waals surface area contributed by atoms with Gasteiger partial charge in [-0.2, -0.15) is 0 Å². The molecule has 268 valence electrons. The largest absolute Gasteiger partial charge is 0.481 e. The molecule has 0 aliphatic heterocycles. The average Bonchev–Trinajstić information content (AvgIpc) is 3.02. The highest BCUT2D eigenvalue weighted by Gasteiger charge is 2.02. The number of carbonyl (C=O) groups excluding carboxylic acids is 1. The number of carboxylic acids is 1. The lowest BCUT2D eigenvalue weighted by Crippen LogP contribution is -2.27. The molecule has 0 unspecified atom stereocenters. The number of carboxylic acid groups (broad SMARTS) is 1. The molecule has 1 amide bonds. The number of rotatable bonds is 38. The summed E-state index contributed by atoms with van der Waals surface area (Å²) in [5.74, 6) is -0.572. The maximum Gasteiger partial charge on any atom is 0.303 e. The first-order chi connectivity index (χ1) is 22.1. The average molecular weight is 647 g/mol. The number of unbranched alkanes of at least 4 members (excludes halogenated alkanes) is 14. The van der Waals surface area contributed by atoms with Gasteiger partial charge in [0.1, 0.15) is 0 Å². The van der Waals surface area contributed by atoms with E-state index in [1.807, 2.05) is 0 Å². The zero-order valence-corrected chi connectivity index (χ0v) is 29.2. The van der Waals surface area contributed by atoms with Crippen molar-refractivity contribution in [2.75, 3.05) is 92.8 Å². The van der Waals surface area contributed by atoms with Crippen LogP contribution in [0.25, 0.3) is 0 Å². The highest BCUT2D eigenvalue weighted by atomic mass is 16.6. The molecule has 10 heteroatoms. The maximum atomic E-state index is 12.0. The van der Waals surface area contributed by atoms with Crippen LogP contribution in [-0.4, -0.2) is 115 Å². The first-order valence-electron chi connectivity index (χ1n) is 18.1. The van der Waals surface area contributed by atoms with Crippen molar-refractivity contribution in [3.8, 4) is 0 Å². The molecule has 0 saturated carbocycles. The van der Waals surface area contributed by atoms with Gasteiger partial charge >= 0.3 is 5.97 Å². The molecular weight excluding hydrogens is 576 g/mol. The van der Waals surface area contributed by atoms with Gasteiger partial charge in [0.25, 0.3) is 0 Å². The summed E-state index contributed by atoms with van der Waals surface area (Å²) in [6, 6.07) is 0. The Labute approximate surface area is 275 Å². The van der Waals surface area contributed by atoms with E-state index in [9.17, 15) is 9.59 Å². The number of ether oxygens (including phenoxy) is 5. The van der Waals surface area contributed by atoms with Gasteiger partial charge in [-0.25, -0.2) is 0 Å². The van der Waals surface area contributed by atoms with Crippen LogP contribution in [0.2, 0.25) is 0 Å². The predicted molar refractivity (Wildman–Crippen MR) is 181 cm³/mol. The second kappa shape index (κ2) is 37.2. The molecule has 0 heterocycles. The van der Waals surface area contributed by atoms with Crippen molar-refractivity contribution in [3.63, 3.8) is 0 Å². The summed E-state index contributed by atoms with van der Waals surface area (Å²) in [6.45, 7) is 10.4. The van der Waals surface area contributed by atoms with E-state index in [4.69, 9.17) is 28.8 Å². The molecule has 0 bridgehead atoms. The number of hydrogen-bond acceptors (Lipinski definition) is 8. The van der Waals surface area contributed by atoms with E-state index in [1.54, 1.807) is 0 Å².